The molecule has 0 aliphatic carbocycles. The van der Waals surface area contributed by atoms with Crippen LogP contribution in [0.15, 0.2) is 54.6 Å². The minimum absolute atomic E-state index is 0.206. The molecule has 3 N–H and O–H groups in total. The van der Waals surface area contributed by atoms with Crippen molar-refractivity contribution in [3.8, 4) is 5.75 Å². The first kappa shape index (κ1) is 16.8. The molecule has 0 spiro atoms. The van der Waals surface area contributed by atoms with Crippen LogP contribution in [0.4, 0.5) is 4.79 Å². The lowest BCUT2D eigenvalue weighted by atomic mass is 10.2. The largest absolute Gasteiger partial charge is 0.489 e. The summed E-state index contributed by atoms with van der Waals surface area (Å²) in [6.07, 6.45) is 0. The first-order valence-electron chi connectivity index (χ1n) is 7.91. The number of urea groups is 1. The predicted molar refractivity (Wildman–Crippen MR) is 89.9 cm³/mol. The Kier molecular flexibility index (Phi) is 5.15. The number of carbonyl (C=O) groups excluding carboxylic acids is 2. The van der Waals surface area contributed by atoms with Gasteiger partial charge in [-0.25, -0.2) is 10.3 Å². The number of ether oxygens (including phenoxy) is 1. The molecule has 7 heteroatoms. The molecular formula is C18H19N3O4. The Morgan fingerprint density at radius 2 is 1.88 bits per heavy atom. The maximum Gasteiger partial charge on any atom is 0.318 e. The van der Waals surface area contributed by atoms with Crippen LogP contribution in [0.3, 0.4) is 0 Å². The van der Waals surface area contributed by atoms with E-state index < -0.39 is 11.9 Å². The highest BCUT2D eigenvalue weighted by atomic mass is 16.5. The second kappa shape index (κ2) is 7.67. The summed E-state index contributed by atoms with van der Waals surface area (Å²) in [6, 6.07) is 16.3. The summed E-state index contributed by atoms with van der Waals surface area (Å²) in [5.74, 6) is 0.122. The van der Waals surface area contributed by atoms with Crippen molar-refractivity contribution in [2.24, 2.45) is 0 Å². The van der Waals surface area contributed by atoms with Gasteiger partial charge in [0.15, 0.2) is 0 Å². The highest BCUT2D eigenvalue weighted by molar-refractivity contribution is 5.89. The molecule has 0 saturated carbocycles. The van der Waals surface area contributed by atoms with Crippen LogP contribution in [0.5, 0.6) is 5.75 Å². The Morgan fingerprint density at radius 3 is 2.56 bits per heavy atom. The molecule has 1 aliphatic rings. The fourth-order valence-electron chi connectivity index (χ4n) is 2.60. The first-order valence-corrected chi connectivity index (χ1v) is 7.91. The van der Waals surface area contributed by atoms with Crippen molar-refractivity contribution < 1.29 is 19.5 Å². The molecular weight excluding hydrogens is 322 g/mol. The number of amides is 3. The van der Waals surface area contributed by atoms with Gasteiger partial charge in [-0.05, 0) is 23.3 Å². The first-order chi connectivity index (χ1) is 12.2. The van der Waals surface area contributed by atoms with Crippen LogP contribution in [0.2, 0.25) is 0 Å². The zero-order valence-corrected chi connectivity index (χ0v) is 13.5. The van der Waals surface area contributed by atoms with Crippen LogP contribution >= 0.6 is 0 Å². The summed E-state index contributed by atoms with van der Waals surface area (Å²) in [5, 5.41) is 11.2. The van der Waals surface area contributed by atoms with Gasteiger partial charge in [0, 0.05) is 6.54 Å². The van der Waals surface area contributed by atoms with E-state index in [9.17, 15) is 9.59 Å². The smallest absolute Gasteiger partial charge is 0.318 e. The normalized spacial score (nSPS) is 16.4. The molecule has 1 heterocycles. The van der Waals surface area contributed by atoms with Crippen LogP contribution in [0.25, 0.3) is 0 Å². The molecule has 1 saturated heterocycles. The summed E-state index contributed by atoms with van der Waals surface area (Å²) >= 11 is 0. The van der Waals surface area contributed by atoms with Crippen molar-refractivity contribution in [2.75, 3.05) is 6.54 Å². The Hall–Kier alpha value is -3.06. The number of carbonyl (C=O) groups is 2. The average molecular weight is 341 g/mol. The van der Waals surface area contributed by atoms with Gasteiger partial charge in [0.25, 0.3) is 5.91 Å². The molecule has 2 aromatic rings. The summed E-state index contributed by atoms with van der Waals surface area (Å²) in [5.41, 5.74) is 3.56. The predicted octanol–water partition coefficient (Wildman–Crippen LogP) is 1.66. The highest BCUT2D eigenvalue weighted by Crippen LogP contribution is 2.17. The molecule has 7 nitrogen and oxygen atoms in total. The molecule has 0 radical (unpaired) electrons. The van der Waals surface area contributed by atoms with Gasteiger partial charge in [-0.3, -0.25) is 10.0 Å². The Balaban J connectivity index is 1.54. The summed E-state index contributed by atoms with van der Waals surface area (Å²) < 4.78 is 5.73. The Morgan fingerprint density at radius 1 is 1.16 bits per heavy atom. The van der Waals surface area contributed by atoms with E-state index in [4.69, 9.17) is 9.94 Å². The minimum Gasteiger partial charge on any atom is -0.489 e. The maximum absolute atomic E-state index is 11.9. The minimum atomic E-state index is -0.744. The molecule has 1 aliphatic heterocycles. The van der Waals surface area contributed by atoms with E-state index in [1.165, 1.54) is 4.90 Å². The number of rotatable bonds is 6. The number of hydrogen-bond donors (Lipinski definition) is 3. The number of hydroxylamine groups is 1. The van der Waals surface area contributed by atoms with Crippen molar-refractivity contribution in [1.29, 1.82) is 0 Å². The molecule has 25 heavy (non-hydrogen) atoms. The van der Waals surface area contributed by atoms with Gasteiger partial charge in [-0.2, -0.15) is 0 Å². The van der Waals surface area contributed by atoms with Gasteiger partial charge in [-0.15, -0.1) is 0 Å². The van der Waals surface area contributed by atoms with E-state index in [1.807, 2.05) is 54.6 Å². The SMILES string of the molecule is O=C(NO)C1CN(Cc2ccc(OCc3ccccc3)cc2)C(=O)N1. The zero-order valence-electron chi connectivity index (χ0n) is 13.5. The van der Waals surface area contributed by atoms with Crippen molar-refractivity contribution >= 4 is 11.9 Å². The van der Waals surface area contributed by atoms with Gasteiger partial charge in [-0.1, -0.05) is 42.5 Å². The maximum atomic E-state index is 11.9. The van der Waals surface area contributed by atoms with Crippen LogP contribution in [0.1, 0.15) is 11.1 Å². The lowest BCUT2D eigenvalue weighted by Crippen LogP contribution is -2.41. The van der Waals surface area contributed by atoms with Gasteiger partial charge in [0.05, 0.1) is 6.54 Å². The lowest BCUT2D eigenvalue weighted by molar-refractivity contribution is -0.130. The molecule has 1 unspecified atom stereocenters. The summed E-state index contributed by atoms with van der Waals surface area (Å²) in [6.45, 7) is 1.07. The van der Waals surface area contributed by atoms with E-state index in [-0.39, 0.29) is 12.6 Å². The molecule has 2 aromatic carbocycles. The standard InChI is InChI=1S/C18H19N3O4/c22-17(20-24)16-11-21(18(23)19-16)10-13-6-8-15(9-7-13)25-12-14-4-2-1-3-5-14/h1-9,16,24H,10-12H2,(H,19,23)(H,20,22). The van der Waals surface area contributed by atoms with Gasteiger partial charge >= 0.3 is 6.03 Å². The summed E-state index contributed by atoms with van der Waals surface area (Å²) in [4.78, 5) is 24.7. The van der Waals surface area contributed by atoms with Crippen LogP contribution < -0.4 is 15.5 Å². The Labute approximate surface area is 145 Å². The van der Waals surface area contributed by atoms with E-state index >= 15 is 0 Å². The van der Waals surface area contributed by atoms with Crippen molar-refractivity contribution in [3.63, 3.8) is 0 Å². The molecule has 0 bridgehead atoms. The van der Waals surface area contributed by atoms with Gasteiger partial charge in [0.1, 0.15) is 18.4 Å². The van der Waals surface area contributed by atoms with E-state index in [0.29, 0.717) is 13.2 Å². The van der Waals surface area contributed by atoms with E-state index in [2.05, 4.69) is 5.32 Å². The molecule has 3 amide bonds. The van der Waals surface area contributed by atoms with Crippen molar-refractivity contribution in [3.05, 3.63) is 65.7 Å². The average Bonchev–Trinajstić information content (AvgIpc) is 3.02. The fraction of sp³-hybridized carbons (Fsp3) is 0.222. The third-order valence-corrected chi connectivity index (χ3v) is 3.96. The third kappa shape index (κ3) is 4.27. The summed E-state index contributed by atoms with van der Waals surface area (Å²) in [7, 11) is 0. The van der Waals surface area contributed by atoms with Crippen molar-refractivity contribution in [1.82, 2.24) is 15.7 Å². The van der Waals surface area contributed by atoms with Gasteiger partial charge in [0.2, 0.25) is 0 Å². The monoisotopic (exact) mass is 341 g/mol. The van der Waals surface area contributed by atoms with Crippen LogP contribution in [-0.2, 0) is 17.9 Å². The fourth-order valence-corrected chi connectivity index (χ4v) is 2.60. The molecule has 3 rings (SSSR count). The molecule has 130 valence electrons. The number of nitrogens with zero attached hydrogens (tertiary/aromatic N) is 1. The van der Waals surface area contributed by atoms with Crippen molar-refractivity contribution in [2.45, 2.75) is 19.2 Å². The van der Waals surface area contributed by atoms with E-state index in [0.717, 1.165) is 16.9 Å². The van der Waals surface area contributed by atoms with Crippen LogP contribution in [-0.4, -0.2) is 34.6 Å². The number of nitrogens with one attached hydrogen (secondary N) is 2. The van der Waals surface area contributed by atoms with Crippen LogP contribution in [0, 0.1) is 0 Å². The van der Waals surface area contributed by atoms with Gasteiger partial charge < -0.3 is 15.0 Å². The highest BCUT2D eigenvalue weighted by Gasteiger charge is 2.33. The quantitative estimate of drug-likeness (QED) is 0.550. The second-order valence-corrected chi connectivity index (χ2v) is 5.78. The molecule has 1 fully saturated rings. The lowest BCUT2D eigenvalue weighted by Gasteiger charge is -2.15. The van der Waals surface area contributed by atoms with E-state index in [1.54, 1.807) is 5.48 Å². The second-order valence-electron chi connectivity index (χ2n) is 5.78. The third-order valence-electron chi connectivity index (χ3n) is 3.96. The zero-order chi connectivity index (χ0) is 17.6. The molecule has 0 aromatic heterocycles. The molecule has 1 atom stereocenters. The number of benzene rings is 2. The number of hydrogen-bond acceptors (Lipinski definition) is 4. The topological polar surface area (TPSA) is 90.9 Å². The Bertz CT molecular complexity index is 734.